The number of halogens is 1. The topological polar surface area (TPSA) is 37.4 Å². The largest absolute Gasteiger partial charge is 0.381 e. The quantitative estimate of drug-likeness (QED) is 0.785. The van der Waals surface area contributed by atoms with Gasteiger partial charge in [0.2, 0.25) is 0 Å². The summed E-state index contributed by atoms with van der Waals surface area (Å²) in [5.74, 6) is 0.819. The lowest BCUT2D eigenvalue weighted by Crippen LogP contribution is -2.31. The molecule has 1 aromatic rings. The maximum atomic E-state index is 14.5. The highest BCUT2D eigenvalue weighted by molar-refractivity contribution is 5.42. The summed E-state index contributed by atoms with van der Waals surface area (Å²) in [4.78, 5) is 6.16. The van der Waals surface area contributed by atoms with Gasteiger partial charge in [-0.2, -0.15) is 0 Å². The van der Waals surface area contributed by atoms with Gasteiger partial charge in [-0.05, 0) is 37.8 Å². The molecule has 1 aromatic heterocycles. The summed E-state index contributed by atoms with van der Waals surface area (Å²) in [6.45, 7) is 6.02. The van der Waals surface area contributed by atoms with Gasteiger partial charge in [0.1, 0.15) is 0 Å². The van der Waals surface area contributed by atoms with Crippen LogP contribution in [0.15, 0.2) is 12.3 Å². The molecule has 0 atom stereocenters. The molecule has 1 aliphatic rings. The lowest BCUT2D eigenvalue weighted by Gasteiger charge is -2.28. The Bertz CT molecular complexity index is 436. The summed E-state index contributed by atoms with van der Waals surface area (Å²) in [5.41, 5.74) is 0.687. The molecule has 0 spiro atoms. The highest BCUT2D eigenvalue weighted by Crippen LogP contribution is 2.22. The molecule has 4 nitrogen and oxygen atoms in total. The van der Waals surface area contributed by atoms with Crippen molar-refractivity contribution >= 4 is 5.82 Å². The minimum absolute atomic E-state index is 0.198. The van der Waals surface area contributed by atoms with Crippen molar-refractivity contribution in [2.75, 3.05) is 38.3 Å². The fraction of sp³-hybridized carbons (Fsp3) is 0.688. The molecule has 1 aliphatic heterocycles. The van der Waals surface area contributed by atoms with E-state index in [0.29, 0.717) is 23.8 Å². The highest BCUT2D eigenvalue weighted by atomic mass is 19.1. The fourth-order valence-electron chi connectivity index (χ4n) is 2.68. The van der Waals surface area contributed by atoms with E-state index in [9.17, 15) is 4.39 Å². The number of nitrogens with zero attached hydrogens (tertiary/aromatic N) is 2. The number of ether oxygens (including phenoxy) is 1. The first-order valence-electron chi connectivity index (χ1n) is 7.85. The van der Waals surface area contributed by atoms with Crippen molar-refractivity contribution in [1.29, 1.82) is 0 Å². The summed E-state index contributed by atoms with van der Waals surface area (Å²) in [6, 6.07) is 1.75. The zero-order valence-corrected chi connectivity index (χ0v) is 13.1. The zero-order valence-electron chi connectivity index (χ0n) is 13.1. The molecule has 1 fully saturated rings. The lowest BCUT2D eigenvalue weighted by molar-refractivity contribution is 0.0684. The van der Waals surface area contributed by atoms with Gasteiger partial charge in [0.15, 0.2) is 11.6 Å². The van der Waals surface area contributed by atoms with Crippen LogP contribution in [0.1, 0.15) is 31.7 Å². The van der Waals surface area contributed by atoms with Crippen LogP contribution in [0.4, 0.5) is 10.2 Å². The fourth-order valence-corrected chi connectivity index (χ4v) is 2.68. The number of pyridine rings is 1. The van der Waals surface area contributed by atoms with Crippen molar-refractivity contribution in [3.8, 4) is 0 Å². The molecule has 0 bridgehead atoms. The second kappa shape index (κ2) is 8.29. The van der Waals surface area contributed by atoms with Crippen LogP contribution < -0.4 is 10.2 Å². The van der Waals surface area contributed by atoms with Crippen LogP contribution in [0.25, 0.3) is 0 Å². The van der Waals surface area contributed by atoms with Crippen molar-refractivity contribution in [2.45, 2.75) is 32.7 Å². The molecular weight excluding hydrogens is 269 g/mol. The molecule has 1 N–H and O–H groups in total. The molecule has 5 heteroatoms. The maximum absolute atomic E-state index is 14.5. The summed E-state index contributed by atoms with van der Waals surface area (Å²) < 4.78 is 19.9. The van der Waals surface area contributed by atoms with Gasteiger partial charge in [0, 0.05) is 45.1 Å². The standard InChI is InChI=1S/C16H26FN3O/c1-3-7-18-11-14-4-8-19-16(15(14)17)20(2)12-13-5-9-21-10-6-13/h4,8,13,18H,3,5-7,9-12H2,1-2H3. The predicted octanol–water partition coefficient (Wildman–Crippen LogP) is 2.58. The van der Waals surface area contributed by atoms with Gasteiger partial charge in [-0.3, -0.25) is 0 Å². The van der Waals surface area contributed by atoms with Crippen LogP contribution in [-0.2, 0) is 11.3 Å². The molecule has 0 radical (unpaired) electrons. The van der Waals surface area contributed by atoms with Crippen molar-refractivity contribution in [3.63, 3.8) is 0 Å². The third-order valence-corrected chi connectivity index (χ3v) is 3.93. The molecule has 0 saturated carbocycles. The number of nitrogens with one attached hydrogen (secondary N) is 1. The van der Waals surface area contributed by atoms with E-state index in [1.165, 1.54) is 0 Å². The van der Waals surface area contributed by atoms with Gasteiger partial charge < -0.3 is 15.0 Å². The highest BCUT2D eigenvalue weighted by Gasteiger charge is 2.19. The van der Waals surface area contributed by atoms with Gasteiger partial charge in [0.25, 0.3) is 0 Å². The van der Waals surface area contributed by atoms with Crippen molar-refractivity contribution in [3.05, 3.63) is 23.6 Å². The Hall–Kier alpha value is -1.20. The second-order valence-electron chi connectivity index (χ2n) is 5.72. The number of aromatic nitrogens is 1. The average Bonchev–Trinajstić information content (AvgIpc) is 2.50. The summed E-state index contributed by atoms with van der Waals surface area (Å²) in [7, 11) is 1.92. The molecule has 0 aromatic carbocycles. The number of anilines is 1. The Labute approximate surface area is 126 Å². The van der Waals surface area contributed by atoms with Gasteiger partial charge in [-0.25, -0.2) is 9.37 Å². The third kappa shape index (κ3) is 4.64. The summed E-state index contributed by atoms with van der Waals surface area (Å²) >= 11 is 0. The second-order valence-corrected chi connectivity index (χ2v) is 5.72. The van der Waals surface area contributed by atoms with E-state index in [0.717, 1.165) is 45.6 Å². The minimum Gasteiger partial charge on any atom is -0.381 e. The average molecular weight is 295 g/mol. The Balaban J connectivity index is 1.98. The van der Waals surface area contributed by atoms with E-state index in [1.807, 2.05) is 11.9 Å². The summed E-state index contributed by atoms with van der Waals surface area (Å²) in [5, 5.41) is 3.24. The van der Waals surface area contributed by atoms with Crippen molar-refractivity contribution in [2.24, 2.45) is 5.92 Å². The van der Waals surface area contributed by atoms with E-state index in [1.54, 1.807) is 12.3 Å². The Morgan fingerprint density at radius 3 is 2.90 bits per heavy atom. The molecule has 21 heavy (non-hydrogen) atoms. The van der Waals surface area contributed by atoms with E-state index in [-0.39, 0.29) is 5.82 Å². The molecule has 0 amide bonds. The number of hydrogen-bond donors (Lipinski definition) is 1. The molecule has 0 unspecified atom stereocenters. The molecular formula is C16H26FN3O. The predicted molar refractivity (Wildman–Crippen MR) is 83.0 cm³/mol. The molecule has 0 aliphatic carbocycles. The van der Waals surface area contributed by atoms with Crippen LogP contribution in [0, 0.1) is 11.7 Å². The first-order valence-corrected chi connectivity index (χ1v) is 7.85. The van der Waals surface area contributed by atoms with Crippen molar-refractivity contribution < 1.29 is 9.13 Å². The van der Waals surface area contributed by atoms with E-state index in [4.69, 9.17) is 4.74 Å². The molecule has 2 rings (SSSR count). The van der Waals surface area contributed by atoms with Gasteiger partial charge in [-0.15, -0.1) is 0 Å². The first-order chi connectivity index (χ1) is 10.2. The normalized spacial score (nSPS) is 16.1. The smallest absolute Gasteiger partial charge is 0.170 e. The van der Waals surface area contributed by atoms with Gasteiger partial charge in [-0.1, -0.05) is 6.92 Å². The first kappa shape index (κ1) is 16.2. The number of rotatable bonds is 7. The molecule has 2 heterocycles. The van der Waals surface area contributed by atoms with Crippen LogP contribution in [0.2, 0.25) is 0 Å². The molecule has 1 saturated heterocycles. The third-order valence-electron chi connectivity index (χ3n) is 3.93. The van der Waals surface area contributed by atoms with Gasteiger partial charge >= 0.3 is 0 Å². The Morgan fingerprint density at radius 1 is 1.43 bits per heavy atom. The van der Waals surface area contributed by atoms with Crippen LogP contribution >= 0.6 is 0 Å². The lowest BCUT2D eigenvalue weighted by atomic mass is 10.00. The van der Waals surface area contributed by atoms with Crippen LogP contribution in [-0.4, -0.2) is 38.3 Å². The maximum Gasteiger partial charge on any atom is 0.170 e. The van der Waals surface area contributed by atoms with Crippen molar-refractivity contribution in [1.82, 2.24) is 10.3 Å². The minimum atomic E-state index is -0.198. The van der Waals surface area contributed by atoms with E-state index < -0.39 is 0 Å². The molecule has 118 valence electrons. The van der Waals surface area contributed by atoms with E-state index in [2.05, 4.69) is 17.2 Å². The zero-order chi connectivity index (χ0) is 15.1. The van der Waals surface area contributed by atoms with Crippen LogP contribution in [0.5, 0.6) is 0 Å². The Morgan fingerprint density at radius 2 is 2.19 bits per heavy atom. The monoisotopic (exact) mass is 295 g/mol. The van der Waals surface area contributed by atoms with Gasteiger partial charge in [0.05, 0.1) is 0 Å². The summed E-state index contributed by atoms with van der Waals surface area (Å²) in [6.07, 6.45) is 4.83. The van der Waals surface area contributed by atoms with Crippen LogP contribution in [0.3, 0.4) is 0 Å². The number of hydrogen-bond acceptors (Lipinski definition) is 4. The SMILES string of the molecule is CCCNCc1ccnc(N(C)CC2CCOCC2)c1F. The Kier molecular flexibility index (Phi) is 6.39. The van der Waals surface area contributed by atoms with E-state index >= 15 is 0 Å².